The Morgan fingerprint density at radius 2 is 1.02 bits per heavy atom. The fraction of sp³-hybridized carbons (Fsp3) is 0.822. The summed E-state index contributed by atoms with van der Waals surface area (Å²) < 4.78 is 22.0. The van der Waals surface area contributed by atoms with Gasteiger partial charge in [-0.05, 0) is 51.0 Å². The molecule has 3 amide bonds. The van der Waals surface area contributed by atoms with Crippen LogP contribution in [0.3, 0.4) is 0 Å². The maximum absolute atomic E-state index is 11.8. The second kappa shape index (κ2) is 63.5. The molecule has 0 rings (SSSR count). The fourth-order valence-corrected chi connectivity index (χ4v) is 5.82. The maximum Gasteiger partial charge on any atom is 0.306 e. The van der Waals surface area contributed by atoms with Crippen molar-refractivity contribution in [3.8, 4) is 0 Å². The third-order valence-corrected chi connectivity index (χ3v) is 9.18. The first-order chi connectivity index (χ1) is 31.0. The molecule has 0 spiro atoms. The molecular weight excluding hydrogens is 829 g/mol. The first-order valence-electron chi connectivity index (χ1n) is 23.3. The van der Waals surface area contributed by atoms with Crippen molar-refractivity contribution in [1.29, 1.82) is 0 Å². The van der Waals surface area contributed by atoms with Crippen molar-refractivity contribution in [2.24, 2.45) is 17.4 Å². The van der Waals surface area contributed by atoms with E-state index in [1.165, 1.54) is 57.8 Å². The van der Waals surface area contributed by atoms with E-state index in [-0.39, 0.29) is 43.8 Å². The highest BCUT2D eigenvalue weighted by Gasteiger charge is 2.17. The molecule has 0 aliphatic heterocycles. The van der Waals surface area contributed by atoms with Gasteiger partial charge in [-0.25, -0.2) is 0 Å². The Hall–Kier alpha value is -3.78. The Morgan fingerprint density at radius 1 is 0.594 bits per heavy atom. The van der Waals surface area contributed by atoms with Crippen LogP contribution < -0.4 is 27.3 Å². The lowest BCUT2D eigenvalue weighted by Crippen LogP contribution is -2.29. The van der Waals surface area contributed by atoms with E-state index in [1.54, 1.807) is 0 Å². The number of carboxylic acids is 2. The standard InChI is InChI=1S/C40H76BN3O9.C2H6.2CH3NO.CH2O2/c1-35(23-24-37(40(48)49)21-15-13-11-9-7-5-3-4-6-8-10-12-14-16-22-39(46)47)42-26-29-52-31-30-50-27-19-28-51-32-33-53-34-38(45)43-25-18-17-20-36(2)44-41;1-2;3*2-1-3/h36-37,42,44H,1,3-34H2,2H3,(H,43,45)(H,46,47)(H,48,49);1-2H3;2*1H,(H2,2,3);1H,(H,2,3). The van der Waals surface area contributed by atoms with Crippen LogP contribution in [0.5, 0.6) is 0 Å². The number of carboxylic acid groups (broad SMARTS) is 3. The summed E-state index contributed by atoms with van der Waals surface area (Å²) in [6, 6.07) is 0.279. The molecular formula is C45H90BN5O13. The second-order valence-corrected chi connectivity index (χ2v) is 14.5. The highest BCUT2D eigenvalue weighted by Crippen LogP contribution is 2.19. The zero-order valence-corrected chi connectivity index (χ0v) is 39.9. The molecule has 2 unspecified atom stereocenters. The van der Waals surface area contributed by atoms with Gasteiger partial charge >= 0.3 is 11.9 Å². The number of carbonyl (C=O) groups is 6. The number of rotatable bonds is 43. The molecule has 19 heteroatoms. The molecule has 0 saturated heterocycles. The minimum Gasteiger partial charge on any atom is -0.483 e. The Labute approximate surface area is 386 Å². The lowest BCUT2D eigenvalue weighted by molar-refractivity contribution is -0.142. The zero-order valence-electron chi connectivity index (χ0n) is 39.9. The first kappa shape index (κ1) is 69.3. The van der Waals surface area contributed by atoms with E-state index in [9.17, 15) is 19.5 Å². The molecule has 0 heterocycles. The van der Waals surface area contributed by atoms with Crippen LogP contribution in [0, 0.1) is 5.92 Å². The quantitative estimate of drug-likeness (QED) is 0.0209. The number of carbonyl (C=O) groups excluding carboxylic acids is 3. The molecule has 0 bridgehead atoms. The minimum atomic E-state index is -0.715. The number of nitrogens with one attached hydrogen (secondary N) is 3. The first-order valence-corrected chi connectivity index (χ1v) is 23.3. The molecule has 2 atom stereocenters. The molecule has 0 fully saturated rings. The van der Waals surface area contributed by atoms with Crippen molar-refractivity contribution >= 4 is 45.1 Å². The van der Waals surface area contributed by atoms with Gasteiger partial charge in [0.1, 0.15) is 6.61 Å². The van der Waals surface area contributed by atoms with E-state index in [1.807, 2.05) is 20.8 Å². The third-order valence-electron chi connectivity index (χ3n) is 9.18. The summed E-state index contributed by atoms with van der Waals surface area (Å²) in [7, 11) is 5.36. The molecule has 64 heavy (non-hydrogen) atoms. The number of unbranched alkanes of at least 4 members (excludes halogenated alkanes) is 14. The Morgan fingerprint density at radius 3 is 1.47 bits per heavy atom. The van der Waals surface area contributed by atoms with Crippen molar-refractivity contribution in [3.05, 3.63) is 12.3 Å². The summed E-state index contributed by atoms with van der Waals surface area (Å²) in [6.07, 6.45) is 22.7. The highest BCUT2D eigenvalue weighted by atomic mass is 16.5. The van der Waals surface area contributed by atoms with Gasteiger partial charge in [-0.2, -0.15) is 0 Å². The van der Waals surface area contributed by atoms with E-state index < -0.39 is 11.9 Å². The largest absolute Gasteiger partial charge is 0.483 e. The van der Waals surface area contributed by atoms with Gasteiger partial charge in [0.05, 0.1) is 39.0 Å². The smallest absolute Gasteiger partial charge is 0.306 e. The van der Waals surface area contributed by atoms with Gasteiger partial charge in [0.15, 0.2) is 7.98 Å². The van der Waals surface area contributed by atoms with Crippen molar-refractivity contribution in [3.63, 3.8) is 0 Å². The van der Waals surface area contributed by atoms with Crippen LogP contribution in [0.15, 0.2) is 12.3 Å². The fourth-order valence-electron chi connectivity index (χ4n) is 5.82. The lowest BCUT2D eigenvalue weighted by atomic mass is 9.95. The normalized spacial score (nSPS) is 10.9. The minimum absolute atomic E-state index is 0.0363. The van der Waals surface area contributed by atoms with E-state index in [4.69, 9.17) is 51.5 Å². The summed E-state index contributed by atoms with van der Waals surface area (Å²) in [5.74, 6) is -1.85. The average molecular weight is 920 g/mol. The van der Waals surface area contributed by atoms with Crippen molar-refractivity contribution < 1.29 is 63.0 Å². The van der Waals surface area contributed by atoms with Gasteiger partial charge in [-0.15, -0.1) is 0 Å². The van der Waals surface area contributed by atoms with Crippen LogP contribution in [0.2, 0.25) is 0 Å². The summed E-state index contributed by atoms with van der Waals surface area (Å²) >= 11 is 0. The predicted molar refractivity (Wildman–Crippen MR) is 253 cm³/mol. The predicted octanol–water partition coefficient (Wildman–Crippen LogP) is 5.63. The number of primary amides is 2. The molecule has 0 aromatic carbocycles. The van der Waals surface area contributed by atoms with Crippen LogP contribution in [-0.4, -0.2) is 132 Å². The Bertz CT molecular complexity index is 1020. The summed E-state index contributed by atoms with van der Waals surface area (Å²) in [4.78, 5) is 59.6. The molecule has 376 valence electrons. The van der Waals surface area contributed by atoms with Crippen LogP contribution in [0.1, 0.15) is 162 Å². The molecule has 10 N–H and O–H groups in total. The number of allylic oxidation sites excluding steroid dienone is 1. The topological polar surface area (TPSA) is 288 Å². The monoisotopic (exact) mass is 920 g/mol. The van der Waals surface area contributed by atoms with Gasteiger partial charge in [-0.3, -0.25) is 28.8 Å². The summed E-state index contributed by atoms with van der Waals surface area (Å²) in [6.45, 7) is 14.6. The number of amides is 3. The number of aliphatic carboxylic acids is 2. The summed E-state index contributed by atoms with van der Waals surface area (Å²) in [5, 5.41) is 34.0. The average Bonchev–Trinajstić information content (AvgIpc) is 3.26. The third kappa shape index (κ3) is 69.9. The summed E-state index contributed by atoms with van der Waals surface area (Å²) in [5.41, 5.74) is 9.18. The molecule has 0 aromatic rings. The van der Waals surface area contributed by atoms with Gasteiger partial charge in [0.2, 0.25) is 18.7 Å². The van der Waals surface area contributed by atoms with E-state index in [2.05, 4.69) is 33.9 Å². The maximum atomic E-state index is 11.8. The number of nitrogens with two attached hydrogens (primary N) is 2. The number of hydrogen-bond acceptors (Lipinski definition) is 12. The molecule has 0 aliphatic carbocycles. The van der Waals surface area contributed by atoms with Crippen LogP contribution in [-0.2, 0) is 47.7 Å². The molecule has 0 aliphatic rings. The molecule has 0 aromatic heterocycles. The van der Waals surface area contributed by atoms with Gasteiger partial charge in [0.25, 0.3) is 6.47 Å². The van der Waals surface area contributed by atoms with E-state index in [0.29, 0.717) is 78.6 Å². The van der Waals surface area contributed by atoms with Crippen LogP contribution in [0.25, 0.3) is 0 Å². The molecule has 18 nitrogen and oxygen atoms in total. The number of ether oxygens (including phenoxy) is 4. The number of hydrogen-bond donors (Lipinski definition) is 8. The second-order valence-electron chi connectivity index (χ2n) is 14.5. The van der Waals surface area contributed by atoms with Gasteiger partial charge in [0, 0.05) is 38.4 Å². The lowest BCUT2D eigenvalue weighted by Gasteiger charge is -2.14. The van der Waals surface area contributed by atoms with E-state index >= 15 is 0 Å². The van der Waals surface area contributed by atoms with Crippen molar-refractivity contribution in [2.75, 3.05) is 65.9 Å². The van der Waals surface area contributed by atoms with E-state index in [0.717, 1.165) is 69.9 Å². The Balaban J connectivity index is -0.000000952. The van der Waals surface area contributed by atoms with Gasteiger partial charge in [-0.1, -0.05) is 117 Å². The van der Waals surface area contributed by atoms with Crippen LogP contribution in [0.4, 0.5) is 0 Å². The SMILES string of the molecule is CC.NC=O.NC=O.O=CO.[B]NC(C)CCCCNC(=O)COCCOCCCOCCOCCNC(=C)CCC(CCCCCCCCCCCCCCCCC(=O)O)C(=O)O. The van der Waals surface area contributed by atoms with Crippen molar-refractivity contribution in [2.45, 2.75) is 168 Å². The highest BCUT2D eigenvalue weighted by molar-refractivity contribution is 6.04. The molecule has 2 radical (unpaired) electrons. The van der Waals surface area contributed by atoms with Gasteiger partial charge < -0.3 is 61.6 Å². The molecule has 0 saturated carbocycles. The van der Waals surface area contributed by atoms with Crippen LogP contribution >= 0.6 is 0 Å². The zero-order chi connectivity index (χ0) is 49.2. The Kier molecular flexibility index (Phi) is 68.7. The van der Waals surface area contributed by atoms with Crippen molar-refractivity contribution in [1.82, 2.24) is 15.9 Å².